The predicted molar refractivity (Wildman–Crippen MR) is 122 cm³/mol. The van der Waals surface area contributed by atoms with Crippen LogP contribution < -0.4 is 10.2 Å². The molecule has 2 aromatic rings. The van der Waals surface area contributed by atoms with Crippen LogP contribution in [0, 0.1) is 6.92 Å². The fourth-order valence-corrected chi connectivity index (χ4v) is 4.59. The van der Waals surface area contributed by atoms with Gasteiger partial charge in [-0.15, -0.1) is 11.3 Å². The highest BCUT2D eigenvalue weighted by Gasteiger charge is 2.28. The van der Waals surface area contributed by atoms with E-state index in [0.29, 0.717) is 23.7 Å². The summed E-state index contributed by atoms with van der Waals surface area (Å²) < 4.78 is 10.2. The average molecular weight is 461 g/mol. The number of amides is 1. The fraction of sp³-hybridized carbons (Fsp3) is 0.455. The van der Waals surface area contributed by atoms with Crippen molar-refractivity contribution in [3.8, 4) is 0 Å². The Hall–Kier alpha value is -2.98. The number of nitrogens with one attached hydrogen (secondary N) is 1. The molecule has 0 radical (unpaired) electrons. The van der Waals surface area contributed by atoms with Gasteiger partial charge in [0.05, 0.1) is 25.3 Å². The van der Waals surface area contributed by atoms with Crippen molar-refractivity contribution in [2.75, 3.05) is 56.2 Å². The van der Waals surface area contributed by atoms with Crippen LogP contribution in [0.2, 0.25) is 0 Å². The van der Waals surface area contributed by atoms with Crippen LogP contribution in [0.1, 0.15) is 39.4 Å². The summed E-state index contributed by atoms with van der Waals surface area (Å²) in [7, 11) is 0. The van der Waals surface area contributed by atoms with Gasteiger partial charge in [0, 0.05) is 32.4 Å². The second kappa shape index (κ2) is 11.1. The minimum atomic E-state index is -0.573. The van der Waals surface area contributed by atoms with Gasteiger partial charge < -0.3 is 19.7 Å². The number of esters is 2. The van der Waals surface area contributed by atoms with E-state index < -0.39 is 11.9 Å². The standard InChI is InChI=1S/C22H28N4O5S/c1-4-30-21(28)18-15(3)19(22(29)31-5-2)32-20(18)24-17(27)14-25-10-12-26(13-11-25)16-8-6-7-9-23-16/h6-9H,4-5,10-14H2,1-3H3,(H,24,27). The Kier molecular flexibility index (Phi) is 8.18. The van der Waals surface area contributed by atoms with Gasteiger partial charge in [-0.1, -0.05) is 6.07 Å². The van der Waals surface area contributed by atoms with Crippen molar-refractivity contribution >= 4 is 40.0 Å². The molecule has 1 amide bonds. The summed E-state index contributed by atoms with van der Waals surface area (Å²) in [6.45, 7) is 8.63. The molecule has 2 aromatic heterocycles. The van der Waals surface area contributed by atoms with Crippen molar-refractivity contribution in [3.05, 3.63) is 40.4 Å². The number of rotatable bonds is 8. The second-order valence-electron chi connectivity index (χ2n) is 7.20. The molecular formula is C22H28N4O5S. The number of anilines is 2. The Morgan fingerprint density at radius 1 is 1.06 bits per heavy atom. The lowest BCUT2D eigenvalue weighted by Crippen LogP contribution is -2.48. The zero-order chi connectivity index (χ0) is 23.1. The van der Waals surface area contributed by atoms with Crippen LogP contribution in [0.15, 0.2) is 24.4 Å². The first-order chi connectivity index (χ1) is 15.4. The maximum Gasteiger partial charge on any atom is 0.348 e. The number of hydrogen-bond donors (Lipinski definition) is 1. The molecule has 0 spiro atoms. The summed E-state index contributed by atoms with van der Waals surface area (Å²) in [4.78, 5) is 46.4. The minimum Gasteiger partial charge on any atom is -0.462 e. The Morgan fingerprint density at radius 2 is 1.75 bits per heavy atom. The van der Waals surface area contributed by atoms with Gasteiger partial charge >= 0.3 is 11.9 Å². The van der Waals surface area contributed by atoms with Gasteiger partial charge in [-0.3, -0.25) is 9.69 Å². The molecule has 3 rings (SSSR count). The Balaban J connectivity index is 1.65. The number of carbonyl (C=O) groups is 3. The fourth-order valence-electron chi connectivity index (χ4n) is 3.49. The molecular weight excluding hydrogens is 432 g/mol. The SMILES string of the molecule is CCOC(=O)c1sc(NC(=O)CN2CCN(c3ccccn3)CC2)c(C(=O)OCC)c1C. The van der Waals surface area contributed by atoms with Gasteiger partial charge in [0.2, 0.25) is 5.91 Å². The molecule has 32 heavy (non-hydrogen) atoms. The Bertz CT molecular complexity index is 955. The molecule has 10 heteroatoms. The Labute approximate surface area is 191 Å². The number of pyridine rings is 1. The summed E-state index contributed by atoms with van der Waals surface area (Å²) in [6, 6.07) is 5.81. The summed E-state index contributed by atoms with van der Waals surface area (Å²) in [5, 5.41) is 3.11. The molecule has 172 valence electrons. The van der Waals surface area contributed by atoms with Crippen LogP contribution in [-0.2, 0) is 14.3 Å². The van der Waals surface area contributed by atoms with Gasteiger partial charge in [-0.05, 0) is 38.5 Å². The van der Waals surface area contributed by atoms with Crippen LogP contribution in [0.25, 0.3) is 0 Å². The normalized spacial score (nSPS) is 14.2. The van der Waals surface area contributed by atoms with E-state index in [4.69, 9.17) is 9.47 Å². The topological polar surface area (TPSA) is 101 Å². The zero-order valence-corrected chi connectivity index (χ0v) is 19.4. The quantitative estimate of drug-likeness (QED) is 0.600. The number of carbonyl (C=O) groups excluding carboxylic acids is 3. The van der Waals surface area contributed by atoms with Crippen LogP contribution in [0.5, 0.6) is 0 Å². The van der Waals surface area contributed by atoms with E-state index in [1.165, 1.54) is 0 Å². The minimum absolute atomic E-state index is 0.185. The number of aromatic nitrogens is 1. The number of piperazine rings is 1. The molecule has 0 bridgehead atoms. The largest absolute Gasteiger partial charge is 0.462 e. The van der Waals surface area contributed by atoms with Gasteiger partial charge in [0.15, 0.2) is 0 Å². The van der Waals surface area contributed by atoms with Crippen LogP contribution >= 0.6 is 11.3 Å². The first kappa shape index (κ1) is 23.7. The summed E-state index contributed by atoms with van der Waals surface area (Å²) in [5.74, 6) is -0.419. The molecule has 1 saturated heterocycles. The lowest BCUT2D eigenvalue weighted by Gasteiger charge is -2.34. The lowest BCUT2D eigenvalue weighted by atomic mass is 10.1. The summed E-state index contributed by atoms with van der Waals surface area (Å²) in [6.07, 6.45) is 1.77. The second-order valence-corrected chi connectivity index (χ2v) is 8.22. The highest BCUT2D eigenvalue weighted by Crippen LogP contribution is 2.34. The molecule has 0 unspecified atom stereocenters. The van der Waals surface area contributed by atoms with Crippen molar-refractivity contribution < 1.29 is 23.9 Å². The summed E-state index contributed by atoms with van der Waals surface area (Å²) in [5.41, 5.74) is 0.652. The van der Waals surface area contributed by atoms with Crippen molar-refractivity contribution in [1.29, 1.82) is 0 Å². The molecule has 0 atom stereocenters. The first-order valence-electron chi connectivity index (χ1n) is 10.6. The molecule has 3 heterocycles. The third kappa shape index (κ3) is 5.63. The molecule has 0 aromatic carbocycles. The average Bonchev–Trinajstić information content (AvgIpc) is 3.11. The van der Waals surface area contributed by atoms with Crippen molar-refractivity contribution in [2.24, 2.45) is 0 Å². The highest BCUT2D eigenvalue weighted by molar-refractivity contribution is 7.18. The van der Waals surface area contributed by atoms with E-state index >= 15 is 0 Å². The molecule has 0 saturated carbocycles. The third-order valence-electron chi connectivity index (χ3n) is 5.05. The van der Waals surface area contributed by atoms with E-state index in [9.17, 15) is 14.4 Å². The van der Waals surface area contributed by atoms with Crippen LogP contribution in [0.4, 0.5) is 10.8 Å². The van der Waals surface area contributed by atoms with Crippen LogP contribution in [0.3, 0.4) is 0 Å². The molecule has 1 aliphatic heterocycles. The summed E-state index contributed by atoms with van der Waals surface area (Å²) >= 11 is 1.03. The van der Waals surface area contributed by atoms with Gasteiger partial charge in [0.25, 0.3) is 0 Å². The number of ether oxygens (including phenoxy) is 2. The smallest absolute Gasteiger partial charge is 0.348 e. The molecule has 1 fully saturated rings. The van der Waals surface area contributed by atoms with Crippen molar-refractivity contribution in [2.45, 2.75) is 20.8 Å². The number of nitrogens with zero attached hydrogens (tertiary/aromatic N) is 3. The van der Waals surface area contributed by atoms with Gasteiger partial charge in [-0.25, -0.2) is 14.6 Å². The van der Waals surface area contributed by atoms with Crippen LogP contribution in [-0.4, -0.2) is 73.7 Å². The maximum absolute atomic E-state index is 12.7. The van der Waals surface area contributed by atoms with Gasteiger partial charge in [0.1, 0.15) is 15.7 Å². The Morgan fingerprint density at radius 3 is 2.38 bits per heavy atom. The highest BCUT2D eigenvalue weighted by atomic mass is 32.1. The number of thiophene rings is 1. The maximum atomic E-state index is 12.7. The van der Waals surface area contributed by atoms with Gasteiger partial charge in [-0.2, -0.15) is 0 Å². The van der Waals surface area contributed by atoms with E-state index in [2.05, 4.69) is 15.2 Å². The van der Waals surface area contributed by atoms with E-state index in [0.717, 1.165) is 30.2 Å². The molecule has 1 aliphatic rings. The van der Waals surface area contributed by atoms with E-state index in [-0.39, 0.29) is 36.1 Å². The van der Waals surface area contributed by atoms with E-state index in [1.54, 1.807) is 27.0 Å². The monoisotopic (exact) mass is 460 g/mol. The predicted octanol–water partition coefficient (Wildman–Crippen LogP) is 2.57. The molecule has 9 nitrogen and oxygen atoms in total. The molecule has 1 N–H and O–H groups in total. The molecule has 0 aliphatic carbocycles. The first-order valence-corrected chi connectivity index (χ1v) is 11.4. The van der Waals surface area contributed by atoms with Crippen molar-refractivity contribution in [3.63, 3.8) is 0 Å². The third-order valence-corrected chi connectivity index (χ3v) is 6.24. The number of hydrogen-bond acceptors (Lipinski definition) is 9. The van der Waals surface area contributed by atoms with E-state index in [1.807, 2.05) is 23.1 Å². The zero-order valence-electron chi connectivity index (χ0n) is 18.6. The lowest BCUT2D eigenvalue weighted by molar-refractivity contribution is -0.117. The van der Waals surface area contributed by atoms with Crippen molar-refractivity contribution in [1.82, 2.24) is 9.88 Å².